The van der Waals surface area contributed by atoms with Crippen molar-refractivity contribution in [1.29, 1.82) is 0 Å². The molecule has 1 aromatic carbocycles. The minimum Gasteiger partial charge on any atom is -0.396 e. The van der Waals surface area contributed by atoms with Crippen molar-refractivity contribution in [3.8, 4) is 0 Å². The molecule has 0 atom stereocenters. The standard InChI is InChI=1S/C11H7BrCl2FN3/c12-6-3-17-4-9(16)11(6)18-5-1-7(13)10(15)8(14)2-5/h1-4H,16H2,(H,17,18). The van der Waals surface area contributed by atoms with Crippen molar-refractivity contribution in [2.75, 3.05) is 11.1 Å². The van der Waals surface area contributed by atoms with Crippen LogP contribution in [0.5, 0.6) is 0 Å². The summed E-state index contributed by atoms with van der Waals surface area (Å²) in [4.78, 5) is 3.91. The Morgan fingerprint density at radius 2 is 1.83 bits per heavy atom. The third-order valence-corrected chi connectivity index (χ3v) is 3.33. The number of aromatic nitrogens is 1. The SMILES string of the molecule is Nc1cncc(Br)c1Nc1cc(Cl)c(F)c(Cl)c1. The van der Waals surface area contributed by atoms with Crippen molar-refractivity contribution < 1.29 is 4.39 Å². The van der Waals surface area contributed by atoms with Crippen LogP contribution in [0.15, 0.2) is 29.0 Å². The highest BCUT2D eigenvalue weighted by atomic mass is 79.9. The fourth-order valence-corrected chi connectivity index (χ4v) is 2.29. The second-order valence-corrected chi connectivity index (χ2v) is 5.13. The van der Waals surface area contributed by atoms with Gasteiger partial charge >= 0.3 is 0 Å². The van der Waals surface area contributed by atoms with Gasteiger partial charge in [-0.15, -0.1) is 0 Å². The molecule has 0 aliphatic carbocycles. The van der Waals surface area contributed by atoms with E-state index in [4.69, 9.17) is 28.9 Å². The lowest BCUT2D eigenvalue weighted by Crippen LogP contribution is -1.98. The summed E-state index contributed by atoms with van der Waals surface area (Å²) in [5.74, 6) is -0.648. The Balaban J connectivity index is 2.41. The first kappa shape index (κ1) is 13.4. The lowest BCUT2D eigenvalue weighted by Gasteiger charge is -2.11. The summed E-state index contributed by atoms with van der Waals surface area (Å²) in [6, 6.07) is 2.85. The molecular weight excluding hydrogens is 344 g/mol. The van der Waals surface area contributed by atoms with Gasteiger partial charge in [-0.25, -0.2) is 4.39 Å². The maximum absolute atomic E-state index is 13.3. The highest BCUT2D eigenvalue weighted by molar-refractivity contribution is 9.10. The maximum Gasteiger partial charge on any atom is 0.160 e. The predicted molar refractivity (Wildman–Crippen MR) is 76.1 cm³/mol. The molecule has 0 aliphatic rings. The second kappa shape index (κ2) is 5.30. The molecule has 18 heavy (non-hydrogen) atoms. The number of nitrogen functional groups attached to an aromatic ring is 1. The van der Waals surface area contributed by atoms with Crippen molar-refractivity contribution in [2.24, 2.45) is 0 Å². The second-order valence-electron chi connectivity index (χ2n) is 3.46. The summed E-state index contributed by atoms with van der Waals surface area (Å²) in [5.41, 5.74) is 7.37. The third kappa shape index (κ3) is 2.68. The zero-order chi connectivity index (χ0) is 13.3. The average Bonchev–Trinajstić information content (AvgIpc) is 2.31. The molecule has 94 valence electrons. The first-order chi connectivity index (χ1) is 8.49. The van der Waals surface area contributed by atoms with E-state index < -0.39 is 5.82 Å². The van der Waals surface area contributed by atoms with Crippen molar-refractivity contribution >= 4 is 56.2 Å². The number of pyridine rings is 1. The van der Waals surface area contributed by atoms with Gasteiger partial charge in [-0.1, -0.05) is 23.2 Å². The van der Waals surface area contributed by atoms with Gasteiger partial charge in [0, 0.05) is 11.9 Å². The molecule has 0 unspecified atom stereocenters. The summed E-state index contributed by atoms with van der Waals surface area (Å²) >= 11 is 14.7. The predicted octanol–water partition coefficient (Wildman–Crippen LogP) is 4.62. The van der Waals surface area contributed by atoms with E-state index >= 15 is 0 Å². The van der Waals surface area contributed by atoms with Crippen LogP contribution >= 0.6 is 39.1 Å². The van der Waals surface area contributed by atoms with Gasteiger partial charge in [0.2, 0.25) is 0 Å². The van der Waals surface area contributed by atoms with Gasteiger partial charge < -0.3 is 11.1 Å². The van der Waals surface area contributed by atoms with Crippen LogP contribution in [0.3, 0.4) is 0 Å². The van der Waals surface area contributed by atoms with Crippen LogP contribution in [0.1, 0.15) is 0 Å². The van der Waals surface area contributed by atoms with Gasteiger partial charge in [0.15, 0.2) is 5.82 Å². The minimum atomic E-state index is -0.648. The van der Waals surface area contributed by atoms with Crippen LogP contribution in [-0.4, -0.2) is 4.98 Å². The Morgan fingerprint density at radius 1 is 1.22 bits per heavy atom. The zero-order valence-corrected chi connectivity index (χ0v) is 11.9. The van der Waals surface area contributed by atoms with E-state index in [9.17, 15) is 4.39 Å². The fourth-order valence-electron chi connectivity index (χ4n) is 1.35. The van der Waals surface area contributed by atoms with Crippen LogP contribution in [0.2, 0.25) is 10.0 Å². The van der Waals surface area contributed by atoms with E-state index in [0.29, 0.717) is 21.5 Å². The van der Waals surface area contributed by atoms with E-state index in [-0.39, 0.29) is 10.0 Å². The molecule has 0 bridgehead atoms. The fraction of sp³-hybridized carbons (Fsp3) is 0. The number of nitrogens with one attached hydrogen (secondary N) is 1. The molecule has 0 radical (unpaired) electrons. The number of anilines is 3. The molecule has 0 fully saturated rings. The molecule has 2 aromatic rings. The molecule has 0 spiro atoms. The normalized spacial score (nSPS) is 10.4. The van der Waals surface area contributed by atoms with Crippen LogP contribution in [0, 0.1) is 5.82 Å². The number of hydrogen-bond donors (Lipinski definition) is 2. The van der Waals surface area contributed by atoms with Gasteiger partial charge in [-0.05, 0) is 28.1 Å². The van der Waals surface area contributed by atoms with Crippen molar-refractivity contribution in [3.63, 3.8) is 0 Å². The van der Waals surface area contributed by atoms with Gasteiger partial charge in [0.05, 0.1) is 32.1 Å². The molecule has 0 saturated carbocycles. The minimum absolute atomic E-state index is 0.0613. The topological polar surface area (TPSA) is 50.9 Å². The number of hydrogen-bond acceptors (Lipinski definition) is 3. The molecule has 1 heterocycles. The van der Waals surface area contributed by atoms with E-state index in [1.165, 1.54) is 18.3 Å². The molecule has 3 nitrogen and oxygen atoms in total. The van der Waals surface area contributed by atoms with E-state index in [2.05, 4.69) is 26.2 Å². The molecule has 3 N–H and O–H groups in total. The van der Waals surface area contributed by atoms with Crippen LogP contribution in [0.4, 0.5) is 21.5 Å². The quantitative estimate of drug-likeness (QED) is 0.777. The molecule has 7 heteroatoms. The summed E-state index contributed by atoms with van der Waals surface area (Å²) in [6.45, 7) is 0. The number of rotatable bonds is 2. The summed E-state index contributed by atoms with van der Waals surface area (Å²) in [5, 5.41) is 2.88. The largest absolute Gasteiger partial charge is 0.396 e. The number of nitrogens with two attached hydrogens (primary N) is 1. The van der Waals surface area contributed by atoms with Crippen molar-refractivity contribution in [1.82, 2.24) is 4.98 Å². The zero-order valence-electron chi connectivity index (χ0n) is 8.85. The molecular formula is C11H7BrCl2FN3. The first-order valence-corrected chi connectivity index (χ1v) is 6.34. The monoisotopic (exact) mass is 349 g/mol. The Labute approximate surface area is 121 Å². The first-order valence-electron chi connectivity index (χ1n) is 4.79. The lowest BCUT2D eigenvalue weighted by atomic mass is 10.2. The Morgan fingerprint density at radius 3 is 2.39 bits per heavy atom. The Hall–Kier alpha value is -1.04. The van der Waals surface area contributed by atoms with Gasteiger partial charge in [0.1, 0.15) is 0 Å². The lowest BCUT2D eigenvalue weighted by molar-refractivity contribution is 0.629. The maximum atomic E-state index is 13.3. The van der Waals surface area contributed by atoms with Gasteiger partial charge in [0.25, 0.3) is 0 Å². The van der Waals surface area contributed by atoms with Crippen molar-refractivity contribution in [2.45, 2.75) is 0 Å². The summed E-state index contributed by atoms with van der Waals surface area (Å²) < 4.78 is 14.0. The third-order valence-electron chi connectivity index (χ3n) is 2.18. The molecule has 0 amide bonds. The Kier molecular flexibility index (Phi) is 3.94. The van der Waals surface area contributed by atoms with Crippen LogP contribution in [-0.2, 0) is 0 Å². The average molecular weight is 351 g/mol. The highest BCUT2D eigenvalue weighted by Crippen LogP contribution is 2.33. The smallest absolute Gasteiger partial charge is 0.160 e. The summed E-state index contributed by atoms with van der Waals surface area (Å²) in [6.07, 6.45) is 3.09. The molecule has 2 rings (SSSR count). The van der Waals surface area contributed by atoms with Gasteiger partial charge in [-0.2, -0.15) is 0 Å². The Bertz CT molecular complexity index is 564. The molecule has 0 saturated heterocycles. The van der Waals surface area contributed by atoms with Gasteiger partial charge in [-0.3, -0.25) is 4.98 Å². The van der Waals surface area contributed by atoms with E-state index in [0.717, 1.165) is 0 Å². The van der Waals surface area contributed by atoms with E-state index in [1.54, 1.807) is 6.20 Å². The summed E-state index contributed by atoms with van der Waals surface area (Å²) in [7, 11) is 0. The highest BCUT2D eigenvalue weighted by Gasteiger charge is 2.10. The van der Waals surface area contributed by atoms with Crippen molar-refractivity contribution in [3.05, 3.63) is 44.9 Å². The van der Waals surface area contributed by atoms with E-state index in [1.807, 2.05) is 0 Å². The number of halogens is 4. The van der Waals surface area contributed by atoms with Crippen LogP contribution in [0.25, 0.3) is 0 Å². The number of benzene rings is 1. The number of nitrogens with zero attached hydrogens (tertiary/aromatic N) is 1. The molecule has 0 aliphatic heterocycles. The molecule has 1 aromatic heterocycles. The van der Waals surface area contributed by atoms with Crippen LogP contribution < -0.4 is 11.1 Å².